The van der Waals surface area contributed by atoms with E-state index in [1.807, 2.05) is 30.3 Å². The Morgan fingerprint density at radius 2 is 1.88 bits per heavy atom. The first-order valence-electron chi connectivity index (χ1n) is 4.98. The fraction of sp³-hybridized carbons (Fsp3) is 0.0769. The number of ether oxygens (including phenoxy) is 1. The number of hydrogen-bond acceptors (Lipinski definition) is 3. The molecule has 0 aliphatic heterocycles. The van der Waals surface area contributed by atoms with E-state index < -0.39 is 0 Å². The van der Waals surface area contributed by atoms with Gasteiger partial charge < -0.3 is 15.2 Å². The molecular formula is C13H13NO2. The molecule has 2 aromatic rings. The summed E-state index contributed by atoms with van der Waals surface area (Å²) in [5.41, 5.74) is 1.69. The SMILES string of the molecule is COc1ccccc1Nc1cccc(O)c1. The van der Waals surface area contributed by atoms with Gasteiger partial charge in [-0.1, -0.05) is 18.2 Å². The molecule has 82 valence electrons. The number of anilines is 2. The molecule has 0 aromatic heterocycles. The van der Waals surface area contributed by atoms with Crippen LogP contribution in [0.25, 0.3) is 0 Å². The molecular weight excluding hydrogens is 202 g/mol. The van der Waals surface area contributed by atoms with Gasteiger partial charge in [-0.05, 0) is 24.3 Å². The molecule has 2 N–H and O–H groups in total. The fourth-order valence-corrected chi connectivity index (χ4v) is 1.49. The molecule has 2 aromatic carbocycles. The smallest absolute Gasteiger partial charge is 0.142 e. The van der Waals surface area contributed by atoms with Crippen molar-refractivity contribution in [2.24, 2.45) is 0 Å². The Labute approximate surface area is 94.3 Å². The van der Waals surface area contributed by atoms with Crippen molar-refractivity contribution in [3.8, 4) is 11.5 Å². The van der Waals surface area contributed by atoms with E-state index in [1.54, 1.807) is 25.3 Å². The second-order valence-corrected chi connectivity index (χ2v) is 3.38. The lowest BCUT2D eigenvalue weighted by Gasteiger charge is -2.10. The van der Waals surface area contributed by atoms with Gasteiger partial charge in [0.2, 0.25) is 0 Å². The van der Waals surface area contributed by atoms with Gasteiger partial charge in [-0.15, -0.1) is 0 Å². The van der Waals surface area contributed by atoms with Crippen LogP contribution in [0.1, 0.15) is 0 Å². The highest BCUT2D eigenvalue weighted by Gasteiger charge is 2.01. The van der Waals surface area contributed by atoms with E-state index >= 15 is 0 Å². The van der Waals surface area contributed by atoms with E-state index in [0.717, 1.165) is 17.1 Å². The van der Waals surface area contributed by atoms with Gasteiger partial charge in [0, 0.05) is 11.8 Å². The minimum Gasteiger partial charge on any atom is -0.508 e. The van der Waals surface area contributed by atoms with Gasteiger partial charge in [0.15, 0.2) is 0 Å². The summed E-state index contributed by atoms with van der Waals surface area (Å²) in [6, 6.07) is 14.6. The lowest BCUT2D eigenvalue weighted by atomic mass is 10.2. The molecule has 16 heavy (non-hydrogen) atoms. The Bertz CT molecular complexity index is 483. The molecule has 0 bridgehead atoms. The van der Waals surface area contributed by atoms with Gasteiger partial charge in [0.25, 0.3) is 0 Å². The number of hydrogen-bond donors (Lipinski definition) is 2. The van der Waals surface area contributed by atoms with Gasteiger partial charge >= 0.3 is 0 Å². The Hall–Kier alpha value is -2.16. The van der Waals surface area contributed by atoms with Gasteiger partial charge in [-0.2, -0.15) is 0 Å². The van der Waals surface area contributed by atoms with Crippen LogP contribution in [0.15, 0.2) is 48.5 Å². The Morgan fingerprint density at radius 3 is 2.62 bits per heavy atom. The molecule has 0 saturated heterocycles. The number of para-hydroxylation sites is 2. The van der Waals surface area contributed by atoms with Crippen molar-refractivity contribution in [2.45, 2.75) is 0 Å². The van der Waals surface area contributed by atoms with E-state index in [4.69, 9.17) is 4.74 Å². The molecule has 0 amide bonds. The van der Waals surface area contributed by atoms with Crippen molar-refractivity contribution in [1.29, 1.82) is 0 Å². The highest BCUT2D eigenvalue weighted by Crippen LogP contribution is 2.27. The maximum Gasteiger partial charge on any atom is 0.142 e. The average Bonchev–Trinajstić information content (AvgIpc) is 2.30. The lowest BCUT2D eigenvalue weighted by Crippen LogP contribution is -1.93. The zero-order valence-electron chi connectivity index (χ0n) is 8.97. The summed E-state index contributed by atoms with van der Waals surface area (Å²) >= 11 is 0. The van der Waals surface area contributed by atoms with E-state index in [9.17, 15) is 5.11 Å². The molecule has 0 spiro atoms. The monoisotopic (exact) mass is 215 g/mol. The maximum absolute atomic E-state index is 9.35. The first-order valence-corrected chi connectivity index (χ1v) is 4.98. The van der Waals surface area contributed by atoms with E-state index in [1.165, 1.54) is 0 Å². The summed E-state index contributed by atoms with van der Waals surface area (Å²) < 4.78 is 5.22. The highest BCUT2D eigenvalue weighted by molar-refractivity contribution is 5.66. The molecule has 0 unspecified atom stereocenters. The van der Waals surface area contributed by atoms with Crippen molar-refractivity contribution in [3.63, 3.8) is 0 Å². The fourth-order valence-electron chi connectivity index (χ4n) is 1.49. The third-order valence-electron chi connectivity index (χ3n) is 2.23. The predicted molar refractivity (Wildman–Crippen MR) is 64.4 cm³/mol. The summed E-state index contributed by atoms with van der Waals surface area (Å²) in [6.45, 7) is 0. The van der Waals surface area contributed by atoms with Crippen LogP contribution in [0.5, 0.6) is 11.5 Å². The summed E-state index contributed by atoms with van der Waals surface area (Å²) in [7, 11) is 1.63. The molecule has 3 heteroatoms. The van der Waals surface area contributed by atoms with Gasteiger partial charge in [0.1, 0.15) is 11.5 Å². The molecule has 0 aliphatic rings. The molecule has 0 saturated carbocycles. The van der Waals surface area contributed by atoms with Crippen LogP contribution in [0.2, 0.25) is 0 Å². The van der Waals surface area contributed by atoms with Crippen LogP contribution in [0.4, 0.5) is 11.4 Å². The van der Waals surface area contributed by atoms with Crippen molar-refractivity contribution in [3.05, 3.63) is 48.5 Å². The first kappa shape index (κ1) is 10.4. The van der Waals surface area contributed by atoms with E-state index in [0.29, 0.717) is 0 Å². The second-order valence-electron chi connectivity index (χ2n) is 3.38. The van der Waals surface area contributed by atoms with Crippen molar-refractivity contribution < 1.29 is 9.84 Å². The first-order chi connectivity index (χ1) is 7.79. The van der Waals surface area contributed by atoms with Crippen LogP contribution in [0.3, 0.4) is 0 Å². The van der Waals surface area contributed by atoms with Crippen molar-refractivity contribution >= 4 is 11.4 Å². The second kappa shape index (κ2) is 4.57. The molecule has 0 fully saturated rings. The Morgan fingerprint density at radius 1 is 1.06 bits per heavy atom. The number of rotatable bonds is 3. The Kier molecular flexibility index (Phi) is 2.96. The summed E-state index contributed by atoms with van der Waals surface area (Å²) in [6.07, 6.45) is 0. The van der Waals surface area contributed by atoms with Crippen LogP contribution >= 0.6 is 0 Å². The Balaban J connectivity index is 2.26. The number of phenols is 1. The van der Waals surface area contributed by atoms with Gasteiger partial charge in [-0.25, -0.2) is 0 Å². The topological polar surface area (TPSA) is 41.5 Å². The standard InChI is InChI=1S/C13H13NO2/c1-16-13-8-3-2-7-12(13)14-10-5-4-6-11(15)9-10/h2-9,14-15H,1H3. The normalized spacial score (nSPS) is 9.81. The maximum atomic E-state index is 9.35. The number of nitrogens with one attached hydrogen (secondary N) is 1. The van der Waals surface area contributed by atoms with E-state index in [-0.39, 0.29) is 5.75 Å². The zero-order chi connectivity index (χ0) is 11.4. The summed E-state index contributed by atoms with van der Waals surface area (Å²) in [4.78, 5) is 0. The summed E-state index contributed by atoms with van der Waals surface area (Å²) in [5.74, 6) is 1.01. The van der Waals surface area contributed by atoms with Crippen LogP contribution in [0, 0.1) is 0 Å². The molecule has 0 heterocycles. The minimum atomic E-state index is 0.236. The molecule has 0 aliphatic carbocycles. The molecule has 0 radical (unpaired) electrons. The van der Waals surface area contributed by atoms with Gasteiger partial charge in [0.05, 0.1) is 12.8 Å². The largest absolute Gasteiger partial charge is 0.508 e. The summed E-state index contributed by atoms with van der Waals surface area (Å²) in [5, 5.41) is 12.5. The molecule has 0 atom stereocenters. The quantitative estimate of drug-likeness (QED) is 0.826. The van der Waals surface area contributed by atoms with Gasteiger partial charge in [-0.3, -0.25) is 0 Å². The number of aromatic hydroxyl groups is 1. The zero-order valence-corrected chi connectivity index (χ0v) is 8.97. The number of phenolic OH excluding ortho intramolecular Hbond substituents is 1. The highest BCUT2D eigenvalue weighted by atomic mass is 16.5. The average molecular weight is 215 g/mol. The third kappa shape index (κ3) is 2.25. The van der Waals surface area contributed by atoms with Crippen molar-refractivity contribution in [2.75, 3.05) is 12.4 Å². The van der Waals surface area contributed by atoms with Crippen molar-refractivity contribution in [1.82, 2.24) is 0 Å². The van der Waals surface area contributed by atoms with Crippen LogP contribution in [-0.2, 0) is 0 Å². The third-order valence-corrected chi connectivity index (χ3v) is 2.23. The lowest BCUT2D eigenvalue weighted by molar-refractivity contribution is 0.417. The predicted octanol–water partition coefficient (Wildman–Crippen LogP) is 3.14. The number of methoxy groups -OCH3 is 1. The van der Waals surface area contributed by atoms with Crippen LogP contribution in [-0.4, -0.2) is 12.2 Å². The number of benzene rings is 2. The molecule has 2 rings (SSSR count). The van der Waals surface area contributed by atoms with Crippen LogP contribution < -0.4 is 10.1 Å². The van der Waals surface area contributed by atoms with E-state index in [2.05, 4.69) is 5.32 Å². The minimum absolute atomic E-state index is 0.236. The molecule has 3 nitrogen and oxygen atoms in total.